The van der Waals surface area contributed by atoms with Gasteiger partial charge in [0.1, 0.15) is 11.3 Å². The summed E-state index contributed by atoms with van der Waals surface area (Å²) < 4.78 is 12.0. The Kier molecular flexibility index (Phi) is 5.12. The van der Waals surface area contributed by atoms with Crippen molar-refractivity contribution in [1.29, 1.82) is 0 Å². The second kappa shape index (κ2) is 7.26. The van der Waals surface area contributed by atoms with E-state index in [1.165, 1.54) is 10.3 Å². The van der Waals surface area contributed by atoms with Crippen LogP contribution in [0.3, 0.4) is 0 Å². The number of hydrogen-bond acceptors (Lipinski definition) is 6. The molecule has 1 fully saturated rings. The third-order valence-electron chi connectivity index (χ3n) is 3.95. The second-order valence-electron chi connectivity index (χ2n) is 5.52. The summed E-state index contributed by atoms with van der Waals surface area (Å²) >= 11 is 1.70. The number of nitrogens with one attached hydrogen (secondary N) is 1. The summed E-state index contributed by atoms with van der Waals surface area (Å²) in [6.07, 6.45) is 1.12. The van der Waals surface area contributed by atoms with E-state index in [2.05, 4.69) is 28.2 Å². The summed E-state index contributed by atoms with van der Waals surface area (Å²) in [4.78, 5) is 7.13. The maximum atomic E-state index is 5.40. The van der Waals surface area contributed by atoms with E-state index < -0.39 is 0 Å². The molecule has 2 aromatic rings. The van der Waals surface area contributed by atoms with Gasteiger partial charge in [0.2, 0.25) is 0 Å². The summed E-state index contributed by atoms with van der Waals surface area (Å²) in [7, 11) is 1.69. The van der Waals surface area contributed by atoms with E-state index in [4.69, 9.17) is 9.47 Å². The lowest BCUT2D eigenvalue weighted by molar-refractivity contribution is 0.0378. The fraction of sp³-hybridized carbons (Fsp3) is 0.562. The standard InChI is InChI=1S/C16H23N3O2S/c1-12-4-5-13(20-2)14-15(12)22-16(18-14)17-6-3-7-19-8-10-21-11-9-19/h4-5H,3,6-11H2,1-2H3,(H,17,18). The topological polar surface area (TPSA) is 46.6 Å². The monoisotopic (exact) mass is 321 g/mol. The number of morpholine rings is 1. The van der Waals surface area contributed by atoms with E-state index in [1.807, 2.05) is 6.07 Å². The van der Waals surface area contributed by atoms with E-state index in [-0.39, 0.29) is 0 Å². The van der Waals surface area contributed by atoms with Crippen LogP contribution in [0.1, 0.15) is 12.0 Å². The molecule has 1 aromatic heterocycles. The molecule has 1 saturated heterocycles. The van der Waals surface area contributed by atoms with Gasteiger partial charge >= 0.3 is 0 Å². The maximum Gasteiger partial charge on any atom is 0.183 e. The molecule has 1 N–H and O–H groups in total. The molecule has 0 bridgehead atoms. The van der Waals surface area contributed by atoms with Crippen molar-refractivity contribution in [2.75, 3.05) is 51.8 Å². The van der Waals surface area contributed by atoms with Gasteiger partial charge in [-0.05, 0) is 31.5 Å². The Bertz CT molecular complexity index is 623. The first-order valence-electron chi connectivity index (χ1n) is 7.76. The summed E-state index contributed by atoms with van der Waals surface area (Å²) in [5.74, 6) is 0.846. The van der Waals surface area contributed by atoms with E-state index >= 15 is 0 Å². The van der Waals surface area contributed by atoms with Gasteiger partial charge in [0.05, 0.1) is 25.0 Å². The number of fused-ring (bicyclic) bond motifs is 1. The number of anilines is 1. The van der Waals surface area contributed by atoms with Crippen LogP contribution in [0.5, 0.6) is 5.75 Å². The zero-order chi connectivity index (χ0) is 15.4. The number of nitrogens with zero attached hydrogens (tertiary/aromatic N) is 2. The molecule has 22 heavy (non-hydrogen) atoms. The van der Waals surface area contributed by atoms with Crippen molar-refractivity contribution in [3.63, 3.8) is 0 Å². The van der Waals surface area contributed by atoms with Crippen LogP contribution in [-0.2, 0) is 4.74 Å². The molecule has 5 nitrogen and oxygen atoms in total. The Labute approximate surface area is 135 Å². The normalized spacial score (nSPS) is 16.1. The molecule has 2 heterocycles. The van der Waals surface area contributed by atoms with Crippen molar-refractivity contribution in [3.05, 3.63) is 17.7 Å². The van der Waals surface area contributed by atoms with Crippen molar-refractivity contribution in [2.45, 2.75) is 13.3 Å². The molecule has 1 aliphatic heterocycles. The van der Waals surface area contributed by atoms with Gasteiger partial charge in [-0.3, -0.25) is 4.90 Å². The van der Waals surface area contributed by atoms with Crippen molar-refractivity contribution in [1.82, 2.24) is 9.88 Å². The Balaban J connectivity index is 1.56. The molecule has 0 atom stereocenters. The van der Waals surface area contributed by atoms with Crippen LogP contribution in [0, 0.1) is 6.92 Å². The van der Waals surface area contributed by atoms with Gasteiger partial charge in [-0.15, -0.1) is 0 Å². The minimum absolute atomic E-state index is 0.846. The highest BCUT2D eigenvalue weighted by Crippen LogP contribution is 2.34. The minimum Gasteiger partial charge on any atom is -0.494 e. The minimum atomic E-state index is 0.846. The number of hydrogen-bond donors (Lipinski definition) is 1. The first-order valence-corrected chi connectivity index (χ1v) is 8.57. The number of thiazole rings is 1. The zero-order valence-electron chi connectivity index (χ0n) is 13.2. The molecule has 3 rings (SSSR count). The van der Waals surface area contributed by atoms with Gasteiger partial charge in [-0.2, -0.15) is 0 Å². The van der Waals surface area contributed by atoms with Crippen LogP contribution >= 0.6 is 11.3 Å². The van der Waals surface area contributed by atoms with Gasteiger partial charge in [-0.25, -0.2) is 4.98 Å². The smallest absolute Gasteiger partial charge is 0.183 e. The van der Waals surface area contributed by atoms with E-state index in [1.54, 1.807) is 18.4 Å². The highest BCUT2D eigenvalue weighted by Gasteiger charge is 2.12. The first kappa shape index (κ1) is 15.5. The average Bonchev–Trinajstić information content (AvgIpc) is 2.98. The lowest BCUT2D eigenvalue weighted by Crippen LogP contribution is -2.37. The summed E-state index contributed by atoms with van der Waals surface area (Å²) in [5.41, 5.74) is 2.21. The lowest BCUT2D eigenvalue weighted by atomic mass is 10.2. The van der Waals surface area contributed by atoms with Crippen LogP contribution in [0.4, 0.5) is 5.13 Å². The van der Waals surface area contributed by atoms with Crippen molar-refractivity contribution in [2.24, 2.45) is 0 Å². The number of methoxy groups -OCH3 is 1. The third kappa shape index (κ3) is 3.51. The fourth-order valence-electron chi connectivity index (χ4n) is 2.67. The van der Waals surface area contributed by atoms with Gasteiger partial charge in [-0.1, -0.05) is 17.4 Å². The van der Waals surface area contributed by atoms with Crippen LogP contribution < -0.4 is 10.1 Å². The largest absolute Gasteiger partial charge is 0.494 e. The van der Waals surface area contributed by atoms with Crippen LogP contribution in [0.15, 0.2) is 12.1 Å². The summed E-state index contributed by atoms with van der Waals surface area (Å²) in [6, 6.07) is 4.07. The molecule has 6 heteroatoms. The molecule has 0 aliphatic carbocycles. The van der Waals surface area contributed by atoms with Crippen LogP contribution in [0.25, 0.3) is 10.2 Å². The Hall–Kier alpha value is -1.37. The molecule has 0 amide bonds. The van der Waals surface area contributed by atoms with E-state index in [0.717, 1.165) is 62.2 Å². The zero-order valence-corrected chi connectivity index (χ0v) is 14.0. The first-order chi connectivity index (χ1) is 10.8. The molecule has 0 unspecified atom stereocenters. The highest BCUT2D eigenvalue weighted by atomic mass is 32.1. The summed E-state index contributed by atoms with van der Waals surface area (Å²) in [6.45, 7) is 8.01. The predicted octanol–water partition coefficient (Wildman–Crippen LogP) is 2.75. The van der Waals surface area contributed by atoms with Crippen molar-refractivity contribution in [3.8, 4) is 5.75 Å². The van der Waals surface area contributed by atoms with Crippen molar-refractivity contribution >= 4 is 26.7 Å². The molecule has 120 valence electrons. The predicted molar refractivity (Wildman–Crippen MR) is 91.3 cm³/mol. The Morgan fingerprint density at radius 3 is 2.95 bits per heavy atom. The maximum absolute atomic E-state index is 5.40. The Morgan fingerprint density at radius 1 is 1.36 bits per heavy atom. The van der Waals surface area contributed by atoms with E-state index in [9.17, 15) is 0 Å². The molecule has 1 aliphatic rings. The van der Waals surface area contributed by atoms with E-state index in [0.29, 0.717) is 0 Å². The SMILES string of the molecule is COc1ccc(C)c2sc(NCCCN3CCOCC3)nc12. The average molecular weight is 321 g/mol. The van der Waals surface area contributed by atoms with Crippen LogP contribution in [-0.4, -0.2) is 56.4 Å². The number of aryl methyl sites for hydroxylation is 1. The number of rotatable bonds is 6. The number of ether oxygens (including phenoxy) is 2. The lowest BCUT2D eigenvalue weighted by Gasteiger charge is -2.26. The molecule has 1 aromatic carbocycles. The fourth-order valence-corrected chi connectivity index (χ4v) is 3.65. The third-order valence-corrected chi connectivity index (χ3v) is 5.10. The quantitative estimate of drug-likeness (QED) is 0.829. The second-order valence-corrected chi connectivity index (χ2v) is 6.51. The Morgan fingerprint density at radius 2 is 2.18 bits per heavy atom. The summed E-state index contributed by atoms with van der Waals surface area (Å²) in [5, 5.41) is 4.42. The molecule has 0 spiro atoms. The molecular formula is C16H23N3O2S. The number of aromatic nitrogens is 1. The van der Waals surface area contributed by atoms with Gasteiger partial charge < -0.3 is 14.8 Å². The highest BCUT2D eigenvalue weighted by molar-refractivity contribution is 7.22. The molecule has 0 radical (unpaired) electrons. The molecule has 0 saturated carbocycles. The van der Waals surface area contributed by atoms with Gasteiger partial charge in [0, 0.05) is 19.6 Å². The number of benzene rings is 1. The molecular weight excluding hydrogens is 298 g/mol. The van der Waals surface area contributed by atoms with Crippen molar-refractivity contribution < 1.29 is 9.47 Å². The van der Waals surface area contributed by atoms with Gasteiger partial charge in [0.25, 0.3) is 0 Å². The van der Waals surface area contributed by atoms with Crippen LogP contribution in [0.2, 0.25) is 0 Å². The van der Waals surface area contributed by atoms with Gasteiger partial charge in [0.15, 0.2) is 5.13 Å².